The van der Waals surface area contributed by atoms with Crippen LogP contribution in [-0.4, -0.2) is 32.2 Å². The first-order chi connectivity index (χ1) is 13.3. The highest BCUT2D eigenvalue weighted by atomic mass is 19.1. The number of halogens is 2. The van der Waals surface area contributed by atoms with E-state index in [0.717, 1.165) is 23.8 Å². The molecule has 2 aromatic rings. The van der Waals surface area contributed by atoms with Gasteiger partial charge in [-0.15, -0.1) is 0 Å². The molecule has 28 heavy (non-hydrogen) atoms. The second kappa shape index (κ2) is 9.68. The molecule has 0 aromatic heterocycles. The smallest absolute Gasteiger partial charge is 0.306 e. The Morgan fingerprint density at radius 1 is 1.11 bits per heavy atom. The van der Waals surface area contributed by atoms with E-state index < -0.39 is 29.6 Å². The number of ether oxygens (including phenoxy) is 3. The number of amides is 1. The Morgan fingerprint density at radius 2 is 1.86 bits per heavy atom. The maximum absolute atomic E-state index is 13.6. The number of carbonyl (C=O) groups is 2. The summed E-state index contributed by atoms with van der Waals surface area (Å²) in [6, 6.07) is 7.96. The number of benzene rings is 2. The van der Waals surface area contributed by atoms with Crippen molar-refractivity contribution in [1.82, 2.24) is 0 Å². The third-order valence-corrected chi connectivity index (χ3v) is 3.95. The lowest BCUT2D eigenvalue weighted by atomic mass is 10.1. The van der Waals surface area contributed by atoms with Gasteiger partial charge in [-0.25, -0.2) is 8.78 Å². The maximum atomic E-state index is 13.6. The predicted octanol–water partition coefficient (Wildman–Crippen LogP) is 3.49. The van der Waals surface area contributed by atoms with E-state index in [0.29, 0.717) is 17.9 Å². The average Bonchev–Trinajstić information content (AvgIpc) is 2.68. The summed E-state index contributed by atoms with van der Waals surface area (Å²) < 4.78 is 42.3. The van der Waals surface area contributed by atoms with Crippen LogP contribution in [0.1, 0.15) is 18.9 Å². The summed E-state index contributed by atoms with van der Waals surface area (Å²) >= 11 is 0. The molecule has 0 unspecified atom stereocenters. The van der Waals surface area contributed by atoms with E-state index in [1.165, 1.54) is 21.1 Å². The van der Waals surface area contributed by atoms with Crippen molar-refractivity contribution in [2.24, 2.45) is 0 Å². The highest BCUT2D eigenvalue weighted by Crippen LogP contribution is 2.31. The third kappa shape index (κ3) is 5.42. The molecule has 6 nitrogen and oxygen atoms in total. The molecule has 0 radical (unpaired) electrons. The summed E-state index contributed by atoms with van der Waals surface area (Å²) in [6.07, 6.45) is -0.871. The highest BCUT2D eigenvalue weighted by molar-refractivity contribution is 5.95. The van der Waals surface area contributed by atoms with Crippen molar-refractivity contribution < 1.29 is 32.6 Å². The quantitative estimate of drug-likeness (QED) is 0.695. The lowest BCUT2D eigenvalue weighted by Gasteiger charge is -2.15. The summed E-state index contributed by atoms with van der Waals surface area (Å²) in [5, 5.41) is 2.20. The monoisotopic (exact) mass is 393 g/mol. The number of hydrogen-bond acceptors (Lipinski definition) is 5. The highest BCUT2D eigenvalue weighted by Gasteiger charge is 2.20. The Kier molecular flexibility index (Phi) is 7.31. The van der Waals surface area contributed by atoms with Gasteiger partial charge in [0.25, 0.3) is 5.91 Å². The van der Waals surface area contributed by atoms with Gasteiger partial charge >= 0.3 is 5.97 Å². The third-order valence-electron chi connectivity index (χ3n) is 3.95. The zero-order valence-corrected chi connectivity index (χ0v) is 15.8. The van der Waals surface area contributed by atoms with E-state index in [1.807, 2.05) is 0 Å². The number of anilines is 1. The van der Waals surface area contributed by atoms with E-state index >= 15 is 0 Å². The van der Waals surface area contributed by atoms with Crippen molar-refractivity contribution >= 4 is 17.6 Å². The minimum Gasteiger partial charge on any atom is -0.493 e. The molecule has 0 bridgehead atoms. The Labute approximate surface area is 161 Å². The normalized spacial score (nSPS) is 11.5. The zero-order valence-electron chi connectivity index (χ0n) is 15.8. The molecule has 1 atom stereocenters. The lowest BCUT2D eigenvalue weighted by Crippen LogP contribution is -2.30. The van der Waals surface area contributed by atoms with Gasteiger partial charge in [-0.05, 0) is 37.1 Å². The second-order valence-electron chi connectivity index (χ2n) is 5.90. The van der Waals surface area contributed by atoms with Crippen molar-refractivity contribution in [2.45, 2.75) is 25.9 Å². The SMILES string of the molecule is COc1cccc(CCC(=O)O[C@H](C)C(=O)Nc2cc(F)ccc2F)c1OC. The van der Waals surface area contributed by atoms with Crippen LogP contribution in [0, 0.1) is 11.6 Å². The van der Waals surface area contributed by atoms with Crippen LogP contribution in [0.3, 0.4) is 0 Å². The molecule has 2 rings (SSSR count). The first-order valence-corrected chi connectivity index (χ1v) is 8.51. The Bertz CT molecular complexity index is 856. The number of hydrogen-bond donors (Lipinski definition) is 1. The molecule has 8 heteroatoms. The van der Waals surface area contributed by atoms with Gasteiger partial charge in [-0.2, -0.15) is 0 Å². The van der Waals surface area contributed by atoms with Crippen molar-refractivity contribution in [1.29, 1.82) is 0 Å². The minimum atomic E-state index is -1.18. The number of para-hydroxylation sites is 1. The molecule has 0 heterocycles. The molecule has 1 N–H and O–H groups in total. The van der Waals surface area contributed by atoms with Gasteiger partial charge in [-0.3, -0.25) is 9.59 Å². The van der Waals surface area contributed by atoms with E-state index in [4.69, 9.17) is 14.2 Å². The Morgan fingerprint density at radius 3 is 2.54 bits per heavy atom. The van der Waals surface area contributed by atoms with Crippen LogP contribution >= 0.6 is 0 Å². The van der Waals surface area contributed by atoms with Gasteiger partial charge in [0.05, 0.1) is 19.9 Å². The molecular formula is C20H21F2NO5. The maximum Gasteiger partial charge on any atom is 0.306 e. The van der Waals surface area contributed by atoms with Crippen LogP contribution in [-0.2, 0) is 20.7 Å². The molecule has 0 aliphatic rings. The van der Waals surface area contributed by atoms with Crippen molar-refractivity contribution in [3.8, 4) is 11.5 Å². The lowest BCUT2D eigenvalue weighted by molar-refractivity contribution is -0.153. The average molecular weight is 393 g/mol. The number of nitrogens with one attached hydrogen (secondary N) is 1. The first-order valence-electron chi connectivity index (χ1n) is 8.51. The second-order valence-corrected chi connectivity index (χ2v) is 5.90. The van der Waals surface area contributed by atoms with Gasteiger partial charge in [-0.1, -0.05) is 12.1 Å². The molecule has 1 amide bonds. The van der Waals surface area contributed by atoms with Crippen molar-refractivity contribution in [2.75, 3.05) is 19.5 Å². The number of carbonyl (C=O) groups excluding carboxylic acids is 2. The summed E-state index contributed by atoms with van der Waals surface area (Å²) in [7, 11) is 3.01. The largest absolute Gasteiger partial charge is 0.493 e. The van der Waals surface area contributed by atoms with Crippen molar-refractivity contribution in [3.05, 3.63) is 53.6 Å². The first kappa shape index (κ1) is 21.1. The van der Waals surface area contributed by atoms with Crippen LogP contribution in [0.5, 0.6) is 11.5 Å². The van der Waals surface area contributed by atoms with E-state index in [9.17, 15) is 18.4 Å². The summed E-state index contributed by atoms with van der Waals surface area (Å²) in [6.45, 7) is 1.34. The minimum absolute atomic E-state index is 0.00449. The van der Waals surface area contributed by atoms with Gasteiger partial charge in [0.1, 0.15) is 11.6 Å². The standard InChI is InChI=1S/C20H21F2NO5/c1-12(20(25)23-16-11-14(21)8-9-15(16)22)28-18(24)10-7-13-5-4-6-17(26-2)19(13)27-3/h4-6,8-9,11-12H,7,10H2,1-3H3,(H,23,25)/t12-/m1/s1. The summed E-state index contributed by atoms with van der Waals surface area (Å²) in [5.41, 5.74) is 0.423. The van der Waals surface area contributed by atoms with Gasteiger partial charge in [0.15, 0.2) is 17.6 Å². The van der Waals surface area contributed by atoms with Crippen molar-refractivity contribution in [3.63, 3.8) is 0 Å². The van der Waals surface area contributed by atoms with E-state index in [-0.39, 0.29) is 12.1 Å². The number of methoxy groups -OCH3 is 2. The number of aryl methyl sites for hydroxylation is 1. The van der Waals surface area contributed by atoms with Crippen LogP contribution in [0.25, 0.3) is 0 Å². The molecule has 0 saturated carbocycles. The molecular weight excluding hydrogens is 372 g/mol. The van der Waals surface area contributed by atoms with Crippen LogP contribution in [0.2, 0.25) is 0 Å². The fourth-order valence-corrected chi connectivity index (χ4v) is 2.52. The number of esters is 1. The molecule has 150 valence electrons. The topological polar surface area (TPSA) is 73.9 Å². The summed E-state index contributed by atoms with van der Waals surface area (Å²) in [4.78, 5) is 24.1. The fourth-order valence-electron chi connectivity index (χ4n) is 2.52. The van der Waals surface area contributed by atoms with Crippen LogP contribution < -0.4 is 14.8 Å². The molecule has 0 aliphatic carbocycles. The van der Waals surface area contributed by atoms with Gasteiger partial charge in [0.2, 0.25) is 0 Å². The molecule has 0 fully saturated rings. The molecule has 2 aromatic carbocycles. The van der Waals surface area contributed by atoms with Gasteiger partial charge in [0, 0.05) is 12.5 Å². The zero-order chi connectivity index (χ0) is 20.7. The Balaban J connectivity index is 1.92. The Hall–Kier alpha value is -3.16. The number of rotatable bonds is 8. The van der Waals surface area contributed by atoms with Gasteiger partial charge < -0.3 is 19.5 Å². The van der Waals surface area contributed by atoms with Crippen LogP contribution in [0.15, 0.2) is 36.4 Å². The predicted molar refractivity (Wildman–Crippen MR) is 98.4 cm³/mol. The molecule has 0 aliphatic heterocycles. The van der Waals surface area contributed by atoms with Crippen LogP contribution in [0.4, 0.5) is 14.5 Å². The molecule has 0 saturated heterocycles. The fraction of sp³-hybridized carbons (Fsp3) is 0.300. The molecule has 0 spiro atoms. The van der Waals surface area contributed by atoms with E-state index in [2.05, 4.69) is 5.32 Å². The summed E-state index contributed by atoms with van der Waals surface area (Å²) in [5.74, 6) is -1.82. The van der Waals surface area contributed by atoms with E-state index in [1.54, 1.807) is 18.2 Å².